The lowest BCUT2D eigenvalue weighted by atomic mass is 10.2. The van der Waals surface area contributed by atoms with Gasteiger partial charge in [-0.25, -0.2) is 13.4 Å². The molecular weight excluding hydrogens is 210 g/mol. The molecule has 0 aliphatic carbocycles. The number of nitrogens with zero attached hydrogens (tertiary/aromatic N) is 1. The van der Waals surface area contributed by atoms with Crippen LogP contribution < -0.4 is 0 Å². The van der Waals surface area contributed by atoms with Crippen LogP contribution in [-0.4, -0.2) is 24.8 Å². The van der Waals surface area contributed by atoms with Gasteiger partial charge in [0.15, 0.2) is 9.84 Å². The van der Waals surface area contributed by atoms with E-state index in [2.05, 4.69) is 4.98 Å². The minimum absolute atomic E-state index is 0.185. The average Bonchev–Trinajstić information content (AvgIpc) is 2.28. The summed E-state index contributed by atoms with van der Waals surface area (Å²) in [7, 11) is -3.20. The topological polar surface area (TPSA) is 67.3 Å². The first-order valence-corrected chi connectivity index (χ1v) is 6.31. The van der Waals surface area contributed by atoms with Crippen molar-refractivity contribution >= 4 is 21.2 Å². The van der Waals surface area contributed by atoms with E-state index in [0.29, 0.717) is 5.01 Å². The largest absolute Gasteiger partial charge is 0.383 e. The van der Waals surface area contributed by atoms with Crippen LogP contribution in [-0.2, 0) is 15.4 Å². The molecule has 0 unspecified atom stereocenters. The lowest BCUT2D eigenvalue weighted by molar-refractivity contribution is 0.0783. The highest BCUT2D eigenvalue weighted by atomic mass is 32.2. The molecule has 4 nitrogen and oxygen atoms in total. The third-order valence-electron chi connectivity index (χ3n) is 1.37. The van der Waals surface area contributed by atoms with E-state index in [1.807, 2.05) is 0 Å². The standard InChI is InChI=1S/C7H11NO3S2/c1-7(2,9)6-8-4-5(12-6)13(3,10)11/h4,9H,1-3H3. The van der Waals surface area contributed by atoms with E-state index in [0.717, 1.165) is 17.6 Å². The summed E-state index contributed by atoms with van der Waals surface area (Å²) in [6.45, 7) is 3.13. The van der Waals surface area contributed by atoms with E-state index in [4.69, 9.17) is 0 Å². The van der Waals surface area contributed by atoms with E-state index >= 15 is 0 Å². The molecule has 0 aliphatic heterocycles. The maximum Gasteiger partial charge on any atom is 0.186 e. The minimum Gasteiger partial charge on any atom is -0.383 e. The summed E-state index contributed by atoms with van der Waals surface area (Å²) in [4.78, 5) is 3.84. The SMILES string of the molecule is CC(C)(O)c1ncc(S(C)(=O)=O)s1. The van der Waals surface area contributed by atoms with Gasteiger partial charge in [0.1, 0.15) is 14.8 Å². The molecule has 0 atom stereocenters. The Morgan fingerprint density at radius 2 is 2.08 bits per heavy atom. The Kier molecular flexibility index (Phi) is 2.48. The zero-order valence-electron chi connectivity index (χ0n) is 7.60. The predicted molar refractivity (Wildman–Crippen MR) is 50.5 cm³/mol. The van der Waals surface area contributed by atoms with E-state index in [1.54, 1.807) is 13.8 Å². The molecule has 0 saturated carbocycles. The summed E-state index contributed by atoms with van der Waals surface area (Å²) >= 11 is 0.998. The first-order valence-electron chi connectivity index (χ1n) is 3.60. The number of aliphatic hydroxyl groups is 1. The van der Waals surface area contributed by atoms with Crippen LogP contribution in [0.3, 0.4) is 0 Å². The van der Waals surface area contributed by atoms with Gasteiger partial charge < -0.3 is 5.11 Å². The number of sulfone groups is 1. The fourth-order valence-corrected chi connectivity index (χ4v) is 2.45. The molecule has 0 radical (unpaired) electrons. The Morgan fingerprint density at radius 3 is 2.31 bits per heavy atom. The fourth-order valence-electron chi connectivity index (χ4n) is 0.714. The van der Waals surface area contributed by atoms with Crippen LogP contribution in [0.2, 0.25) is 0 Å². The maximum absolute atomic E-state index is 11.1. The molecule has 6 heteroatoms. The van der Waals surface area contributed by atoms with Crippen molar-refractivity contribution in [1.29, 1.82) is 0 Å². The predicted octanol–water partition coefficient (Wildman–Crippen LogP) is 0.774. The second kappa shape index (κ2) is 3.04. The molecule has 1 aromatic rings. The molecule has 0 aromatic carbocycles. The third-order valence-corrected chi connectivity index (χ3v) is 4.47. The van der Waals surface area contributed by atoms with E-state index < -0.39 is 15.4 Å². The summed E-state index contributed by atoms with van der Waals surface area (Å²) < 4.78 is 22.3. The summed E-state index contributed by atoms with van der Waals surface area (Å²) in [5.74, 6) is 0. The quantitative estimate of drug-likeness (QED) is 0.801. The molecule has 0 fully saturated rings. The van der Waals surface area contributed by atoms with Gasteiger partial charge >= 0.3 is 0 Å². The van der Waals surface area contributed by atoms with Gasteiger partial charge in [0, 0.05) is 6.26 Å². The molecular formula is C7H11NO3S2. The van der Waals surface area contributed by atoms with Gasteiger partial charge in [-0.05, 0) is 13.8 Å². The van der Waals surface area contributed by atoms with Gasteiger partial charge in [-0.15, -0.1) is 11.3 Å². The monoisotopic (exact) mass is 221 g/mol. The minimum atomic E-state index is -3.20. The fraction of sp³-hybridized carbons (Fsp3) is 0.571. The molecule has 1 rings (SSSR count). The first kappa shape index (κ1) is 10.6. The van der Waals surface area contributed by atoms with Gasteiger partial charge in [0.2, 0.25) is 0 Å². The summed E-state index contributed by atoms with van der Waals surface area (Å²) in [5, 5.41) is 9.93. The molecule has 13 heavy (non-hydrogen) atoms. The number of aromatic nitrogens is 1. The summed E-state index contributed by atoms with van der Waals surface area (Å²) in [6.07, 6.45) is 2.39. The van der Waals surface area contributed by atoms with Gasteiger partial charge in [-0.3, -0.25) is 0 Å². The maximum atomic E-state index is 11.1. The molecule has 1 heterocycles. The molecule has 0 spiro atoms. The lowest BCUT2D eigenvalue weighted by Gasteiger charge is -2.11. The van der Waals surface area contributed by atoms with Gasteiger partial charge in [-0.1, -0.05) is 0 Å². The number of thiazole rings is 1. The van der Waals surface area contributed by atoms with Crippen LogP contribution in [0.25, 0.3) is 0 Å². The molecule has 0 saturated heterocycles. The van der Waals surface area contributed by atoms with Crippen LogP contribution in [0.4, 0.5) is 0 Å². The normalized spacial score (nSPS) is 13.2. The molecule has 1 aromatic heterocycles. The van der Waals surface area contributed by atoms with Crippen LogP contribution in [0.15, 0.2) is 10.4 Å². The first-order chi connectivity index (χ1) is 5.71. The third kappa shape index (κ3) is 2.49. The van der Waals surface area contributed by atoms with Gasteiger partial charge in [0.25, 0.3) is 0 Å². The average molecular weight is 221 g/mol. The Labute approximate surface area is 81.2 Å². The van der Waals surface area contributed by atoms with Crippen molar-refractivity contribution in [2.75, 3.05) is 6.26 Å². The van der Waals surface area contributed by atoms with Crippen molar-refractivity contribution in [3.63, 3.8) is 0 Å². The Bertz CT molecular complexity index is 400. The zero-order valence-corrected chi connectivity index (χ0v) is 9.24. The Balaban J connectivity index is 3.16. The van der Waals surface area contributed by atoms with Crippen molar-refractivity contribution in [2.45, 2.75) is 23.7 Å². The number of hydrogen-bond acceptors (Lipinski definition) is 5. The second-order valence-electron chi connectivity index (χ2n) is 3.32. The van der Waals surface area contributed by atoms with Gasteiger partial charge in [-0.2, -0.15) is 0 Å². The second-order valence-corrected chi connectivity index (χ2v) is 6.59. The van der Waals surface area contributed by atoms with Crippen molar-refractivity contribution in [2.24, 2.45) is 0 Å². The molecule has 0 aliphatic rings. The van der Waals surface area contributed by atoms with Crippen molar-refractivity contribution in [3.05, 3.63) is 11.2 Å². The highest BCUT2D eigenvalue weighted by Crippen LogP contribution is 2.27. The van der Waals surface area contributed by atoms with Crippen LogP contribution in [0, 0.1) is 0 Å². The van der Waals surface area contributed by atoms with E-state index in [1.165, 1.54) is 6.20 Å². The van der Waals surface area contributed by atoms with Crippen molar-refractivity contribution < 1.29 is 13.5 Å². The van der Waals surface area contributed by atoms with Crippen LogP contribution >= 0.6 is 11.3 Å². The van der Waals surface area contributed by atoms with Crippen molar-refractivity contribution in [3.8, 4) is 0 Å². The van der Waals surface area contributed by atoms with Crippen molar-refractivity contribution in [1.82, 2.24) is 4.98 Å². The molecule has 0 amide bonds. The number of hydrogen-bond donors (Lipinski definition) is 1. The molecule has 74 valence electrons. The Morgan fingerprint density at radius 1 is 1.54 bits per heavy atom. The lowest BCUT2D eigenvalue weighted by Crippen LogP contribution is -2.14. The summed E-state index contributed by atoms with van der Waals surface area (Å²) in [5.41, 5.74) is -1.08. The highest BCUT2D eigenvalue weighted by molar-refractivity contribution is 7.92. The number of rotatable bonds is 2. The smallest absolute Gasteiger partial charge is 0.186 e. The molecule has 0 bridgehead atoms. The Hall–Kier alpha value is -0.460. The van der Waals surface area contributed by atoms with Gasteiger partial charge in [0.05, 0.1) is 6.20 Å². The van der Waals surface area contributed by atoms with Crippen LogP contribution in [0.1, 0.15) is 18.9 Å². The van der Waals surface area contributed by atoms with E-state index in [9.17, 15) is 13.5 Å². The zero-order chi connectivity index (χ0) is 10.3. The van der Waals surface area contributed by atoms with E-state index in [-0.39, 0.29) is 4.21 Å². The highest BCUT2D eigenvalue weighted by Gasteiger charge is 2.22. The van der Waals surface area contributed by atoms with Crippen LogP contribution in [0.5, 0.6) is 0 Å². The summed E-state index contributed by atoms with van der Waals surface area (Å²) in [6, 6.07) is 0. The molecule has 1 N–H and O–H groups in total.